The van der Waals surface area contributed by atoms with Gasteiger partial charge in [-0.25, -0.2) is 15.0 Å². The van der Waals surface area contributed by atoms with Crippen LogP contribution < -0.4 is 4.90 Å². The summed E-state index contributed by atoms with van der Waals surface area (Å²) in [4.78, 5) is 18.1. The van der Waals surface area contributed by atoms with Gasteiger partial charge in [0.1, 0.15) is 11.8 Å². The molecule has 96 valence electrons. The molecule has 7 heteroatoms. The van der Waals surface area contributed by atoms with Gasteiger partial charge in [0.15, 0.2) is 11.5 Å². The summed E-state index contributed by atoms with van der Waals surface area (Å²) in [5, 5.41) is 4.32. The summed E-state index contributed by atoms with van der Waals surface area (Å²) >= 11 is 0. The van der Waals surface area contributed by atoms with Crippen molar-refractivity contribution < 1.29 is 0 Å². The van der Waals surface area contributed by atoms with Gasteiger partial charge in [-0.2, -0.15) is 5.10 Å². The highest BCUT2D eigenvalue weighted by Gasteiger charge is 2.26. The summed E-state index contributed by atoms with van der Waals surface area (Å²) in [6, 6.07) is 2.36. The number of fused-ring (bicyclic) bond motifs is 1. The molecule has 4 rings (SSSR count). The number of anilines is 1. The zero-order valence-corrected chi connectivity index (χ0v) is 10.3. The van der Waals surface area contributed by atoms with Crippen LogP contribution in [0.1, 0.15) is 12.5 Å². The maximum Gasteiger partial charge on any atom is 0.182 e. The van der Waals surface area contributed by atoms with Crippen LogP contribution in [-0.4, -0.2) is 42.8 Å². The number of nitrogens with one attached hydrogen (secondary N) is 1. The third kappa shape index (κ3) is 1.66. The SMILES string of the molecule is c1cnn(C2CCN(c3ncnc4nc[nH]c34)C2)c1. The van der Waals surface area contributed by atoms with E-state index in [1.54, 1.807) is 12.7 Å². The van der Waals surface area contributed by atoms with Crippen molar-refractivity contribution in [2.24, 2.45) is 0 Å². The first kappa shape index (κ1) is 10.5. The van der Waals surface area contributed by atoms with Crippen LogP contribution in [0, 0.1) is 0 Å². The normalized spacial score (nSPS) is 19.4. The van der Waals surface area contributed by atoms with Crippen LogP contribution in [0.4, 0.5) is 5.82 Å². The van der Waals surface area contributed by atoms with E-state index >= 15 is 0 Å². The van der Waals surface area contributed by atoms with E-state index in [2.05, 4.69) is 29.9 Å². The Labute approximate surface area is 109 Å². The Balaban J connectivity index is 1.66. The lowest BCUT2D eigenvalue weighted by atomic mass is 10.3. The van der Waals surface area contributed by atoms with E-state index in [9.17, 15) is 0 Å². The number of hydrogen-bond donors (Lipinski definition) is 1. The number of rotatable bonds is 2. The second-order valence-electron chi connectivity index (χ2n) is 4.67. The molecular formula is C12H13N7. The average molecular weight is 255 g/mol. The smallest absolute Gasteiger partial charge is 0.182 e. The Morgan fingerprint density at radius 3 is 3.16 bits per heavy atom. The Morgan fingerprint density at radius 2 is 2.26 bits per heavy atom. The molecule has 0 spiro atoms. The predicted octanol–water partition coefficient (Wildman–Crippen LogP) is 1.00. The van der Waals surface area contributed by atoms with E-state index in [-0.39, 0.29) is 0 Å². The van der Waals surface area contributed by atoms with E-state index in [1.165, 1.54) is 0 Å². The van der Waals surface area contributed by atoms with Gasteiger partial charge in [0.05, 0.1) is 12.4 Å². The van der Waals surface area contributed by atoms with Crippen molar-refractivity contribution in [3.05, 3.63) is 31.1 Å². The van der Waals surface area contributed by atoms with E-state index < -0.39 is 0 Å². The number of H-pyrrole nitrogens is 1. The molecule has 1 fully saturated rings. The average Bonchev–Trinajstić information content (AvgIpc) is 3.18. The summed E-state index contributed by atoms with van der Waals surface area (Å²) in [6.45, 7) is 1.88. The number of imidazole rings is 1. The molecule has 3 aromatic heterocycles. The first-order valence-corrected chi connectivity index (χ1v) is 6.30. The van der Waals surface area contributed by atoms with Crippen LogP contribution in [0.5, 0.6) is 0 Å². The second-order valence-corrected chi connectivity index (χ2v) is 4.67. The van der Waals surface area contributed by atoms with Crippen LogP contribution in [0.25, 0.3) is 11.2 Å². The van der Waals surface area contributed by atoms with Crippen molar-refractivity contribution in [1.82, 2.24) is 29.7 Å². The van der Waals surface area contributed by atoms with Crippen molar-refractivity contribution in [3.63, 3.8) is 0 Å². The molecular weight excluding hydrogens is 242 g/mol. The molecule has 3 aromatic rings. The topological polar surface area (TPSA) is 75.5 Å². The minimum atomic E-state index is 0.405. The van der Waals surface area contributed by atoms with Crippen LogP contribution in [0.15, 0.2) is 31.1 Å². The van der Waals surface area contributed by atoms with Gasteiger partial charge in [-0.3, -0.25) is 4.68 Å². The lowest BCUT2D eigenvalue weighted by Crippen LogP contribution is -2.22. The summed E-state index contributed by atoms with van der Waals surface area (Å²) < 4.78 is 2.02. The van der Waals surface area contributed by atoms with Gasteiger partial charge in [-0.1, -0.05) is 0 Å². The van der Waals surface area contributed by atoms with Crippen LogP contribution in [0.2, 0.25) is 0 Å². The van der Waals surface area contributed by atoms with Gasteiger partial charge >= 0.3 is 0 Å². The Morgan fingerprint density at radius 1 is 1.26 bits per heavy atom. The van der Waals surface area contributed by atoms with Gasteiger partial charge in [0, 0.05) is 25.5 Å². The maximum atomic E-state index is 4.39. The zero-order valence-electron chi connectivity index (χ0n) is 10.3. The predicted molar refractivity (Wildman–Crippen MR) is 69.8 cm³/mol. The molecule has 0 aliphatic carbocycles. The fraction of sp³-hybridized carbons (Fsp3) is 0.333. The van der Waals surface area contributed by atoms with Crippen LogP contribution >= 0.6 is 0 Å². The number of nitrogens with zero attached hydrogens (tertiary/aromatic N) is 6. The van der Waals surface area contributed by atoms with Crippen LogP contribution in [0.3, 0.4) is 0 Å². The number of hydrogen-bond acceptors (Lipinski definition) is 5. The van der Waals surface area contributed by atoms with Crippen molar-refractivity contribution in [3.8, 4) is 0 Å². The van der Waals surface area contributed by atoms with Gasteiger partial charge in [-0.15, -0.1) is 0 Å². The monoisotopic (exact) mass is 255 g/mol. The molecule has 1 atom stereocenters. The molecule has 19 heavy (non-hydrogen) atoms. The Bertz CT molecular complexity index is 687. The maximum absolute atomic E-state index is 4.39. The van der Waals surface area contributed by atoms with Gasteiger partial charge in [0.2, 0.25) is 0 Å². The van der Waals surface area contributed by atoms with E-state index in [0.717, 1.165) is 30.8 Å². The third-order valence-corrected chi connectivity index (χ3v) is 3.56. The van der Waals surface area contributed by atoms with Gasteiger partial charge < -0.3 is 9.88 Å². The minimum Gasteiger partial charge on any atom is -0.352 e. The Kier molecular flexibility index (Phi) is 2.23. The van der Waals surface area contributed by atoms with Crippen LogP contribution in [-0.2, 0) is 0 Å². The highest BCUT2D eigenvalue weighted by atomic mass is 15.3. The molecule has 0 bridgehead atoms. The molecule has 1 aliphatic rings. The zero-order chi connectivity index (χ0) is 12.7. The number of aromatic amines is 1. The second kappa shape index (κ2) is 4.04. The molecule has 1 aliphatic heterocycles. The molecule has 4 heterocycles. The third-order valence-electron chi connectivity index (χ3n) is 3.56. The van der Waals surface area contributed by atoms with Crippen molar-refractivity contribution in [1.29, 1.82) is 0 Å². The molecule has 0 radical (unpaired) electrons. The molecule has 0 saturated carbocycles. The first-order valence-electron chi connectivity index (χ1n) is 6.30. The lowest BCUT2D eigenvalue weighted by molar-refractivity contribution is 0.494. The molecule has 1 N–H and O–H groups in total. The largest absolute Gasteiger partial charge is 0.352 e. The summed E-state index contributed by atoms with van der Waals surface area (Å²) in [7, 11) is 0. The molecule has 1 saturated heterocycles. The molecule has 0 amide bonds. The molecule has 0 aromatic carbocycles. The quantitative estimate of drug-likeness (QED) is 0.739. The lowest BCUT2D eigenvalue weighted by Gasteiger charge is -2.17. The van der Waals surface area contributed by atoms with E-state index in [0.29, 0.717) is 11.7 Å². The van der Waals surface area contributed by atoms with Gasteiger partial charge in [-0.05, 0) is 12.5 Å². The van der Waals surface area contributed by atoms with Crippen molar-refractivity contribution in [2.45, 2.75) is 12.5 Å². The highest BCUT2D eigenvalue weighted by molar-refractivity contribution is 5.82. The summed E-state index contributed by atoms with van der Waals surface area (Å²) in [6.07, 6.45) is 8.13. The standard InChI is InChI=1S/C12H13N7/c1-3-17-19(4-1)9-2-5-18(6-9)12-10-11(14-7-13-10)15-8-16-12/h1,3-4,7-9H,2,5-6H2,(H,13,14,15,16). The van der Waals surface area contributed by atoms with E-state index in [4.69, 9.17) is 0 Å². The fourth-order valence-electron chi connectivity index (χ4n) is 2.64. The number of aromatic nitrogens is 6. The highest BCUT2D eigenvalue weighted by Crippen LogP contribution is 2.28. The summed E-state index contributed by atoms with van der Waals surface area (Å²) in [5.74, 6) is 0.928. The molecule has 7 nitrogen and oxygen atoms in total. The fourth-order valence-corrected chi connectivity index (χ4v) is 2.64. The van der Waals surface area contributed by atoms with Crippen molar-refractivity contribution in [2.75, 3.05) is 18.0 Å². The first-order chi connectivity index (χ1) is 9.42. The van der Waals surface area contributed by atoms with Gasteiger partial charge in [0.25, 0.3) is 0 Å². The Hall–Kier alpha value is -2.44. The van der Waals surface area contributed by atoms with Crippen molar-refractivity contribution >= 4 is 17.0 Å². The summed E-state index contributed by atoms with van der Waals surface area (Å²) in [5.41, 5.74) is 1.62. The molecule has 1 unspecified atom stereocenters. The van der Waals surface area contributed by atoms with E-state index in [1.807, 2.05) is 23.1 Å². The minimum absolute atomic E-state index is 0.405.